The minimum absolute atomic E-state index is 0.0454. The lowest BCUT2D eigenvalue weighted by atomic mass is 10.1. The Bertz CT molecular complexity index is 1290. The van der Waals surface area contributed by atoms with Gasteiger partial charge in [0.05, 0.1) is 22.7 Å². The molecule has 0 spiro atoms. The maximum atomic E-state index is 12.7. The van der Waals surface area contributed by atoms with E-state index in [1.54, 1.807) is 36.9 Å². The van der Waals surface area contributed by atoms with Crippen molar-refractivity contribution in [3.05, 3.63) is 76.1 Å². The molecule has 2 amide bonds. The first-order chi connectivity index (χ1) is 15.1. The third-order valence-electron chi connectivity index (χ3n) is 4.80. The van der Waals surface area contributed by atoms with Gasteiger partial charge in [-0.25, -0.2) is 8.42 Å². The Balaban J connectivity index is 1.66. The number of hydrogen-bond donors (Lipinski definition) is 3. The molecule has 11 heteroatoms. The van der Waals surface area contributed by atoms with Crippen LogP contribution in [0.25, 0.3) is 0 Å². The highest BCUT2D eigenvalue weighted by Gasteiger charge is 2.18. The van der Waals surface area contributed by atoms with E-state index >= 15 is 0 Å². The summed E-state index contributed by atoms with van der Waals surface area (Å²) >= 11 is 5.89. The van der Waals surface area contributed by atoms with Crippen LogP contribution in [0.4, 0.5) is 5.69 Å². The Kier molecular flexibility index (Phi) is 6.85. The van der Waals surface area contributed by atoms with Crippen LogP contribution in [0.3, 0.4) is 0 Å². The van der Waals surface area contributed by atoms with Gasteiger partial charge in [0.1, 0.15) is 0 Å². The van der Waals surface area contributed by atoms with Crippen molar-refractivity contribution in [2.75, 3.05) is 4.72 Å². The van der Waals surface area contributed by atoms with E-state index in [4.69, 9.17) is 11.6 Å². The summed E-state index contributed by atoms with van der Waals surface area (Å²) in [5, 5.41) is 4.63. The molecule has 9 nitrogen and oxygen atoms in total. The summed E-state index contributed by atoms with van der Waals surface area (Å²) in [6.07, 6.45) is 0.0454. The predicted molar refractivity (Wildman–Crippen MR) is 121 cm³/mol. The van der Waals surface area contributed by atoms with Gasteiger partial charge in [-0.05, 0) is 50.2 Å². The predicted octanol–water partition coefficient (Wildman–Crippen LogP) is 2.49. The highest BCUT2D eigenvalue weighted by atomic mass is 35.5. The molecule has 3 aromatic rings. The van der Waals surface area contributed by atoms with E-state index in [9.17, 15) is 18.0 Å². The molecule has 0 saturated heterocycles. The Morgan fingerprint density at radius 1 is 1.06 bits per heavy atom. The zero-order chi connectivity index (χ0) is 23.5. The average molecular weight is 476 g/mol. The molecule has 0 unspecified atom stereocenters. The van der Waals surface area contributed by atoms with E-state index in [2.05, 4.69) is 20.7 Å². The number of anilines is 1. The van der Waals surface area contributed by atoms with Gasteiger partial charge in [-0.1, -0.05) is 23.7 Å². The quantitative estimate of drug-likeness (QED) is 0.473. The Morgan fingerprint density at radius 3 is 2.44 bits per heavy atom. The highest BCUT2D eigenvalue weighted by Crippen LogP contribution is 2.20. The number of carbonyl (C=O) groups excluding carboxylic acids is 2. The largest absolute Gasteiger partial charge is 0.280 e. The van der Waals surface area contributed by atoms with Gasteiger partial charge in [0.25, 0.3) is 15.9 Å². The molecule has 32 heavy (non-hydrogen) atoms. The maximum absolute atomic E-state index is 12.7. The molecule has 0 radical (unpaired) electrons. The van der Waals surface area contributed by atoms with Crippen LogP contribution < -0.4 is 15.6 Å². The highest BCUT2D eigenvalue weighted by molar-refractivity contribution is 7.92. The molecule has 3 rings (SSSR count). The lowest BCUT2D eigenvalue weighted by Gasteiger charge is -2.11. The van der Waals surface area contributed by atoms with Gasteiger partial charge in [-0.15, -0.1) is 0 Å². The number of nitrogens with one attached hydrogen (secondary N) is 3. The number of aromatic nitrogens is 2. The van der Waals surface area contributed by atoms with Crippen LogP contribution in [0.5, 0.6) is 0 Å². The smallest absolute Gasteiger partial charge is 0.269 e. The SMILES string of the molecule is Cc1nn(C)c(C)c1CC(=O)NNC(=O)c1cccc(S(=O)(=O)Nc2cccc(Cl)c2)c1. The van der Waals surface area contributed by atoms with E-state index in [1.807, 2.05) is 6.92 Å². The zero-order valence-electron chi connectivity index (χ0n) is 17.6. The number of hydrogen-bond acceptors (Lipinski definition) is 5. The number of sulfonamides is 1. The minimum Gasteiger partial charge on any atom is -0.280 e. The van der Waals surface area contributed by atoms with Gasteiger partial charge in [-0.2, -0.15) is 5.10 Å². The molecule has 0 aliphatic carbocycles. The molecule has 2 aromatic carbocycles. The lowest BCUT2D eigenvalue weighted by molar-refractivity contribution is -0.121. The first-order valence-corrected chi connectivity index (χ1v) is 11.4. The van der Waals surface area contributed by atoms with Crippen LogP contribution in [0.15, 0.2) is 53.4 Å². The average Bonchev–Trinajstić information content (AvgIpc) is 2.97. The normalized spacial score (nSPS) is 11.1. The molecule has 3 N–H and O–H groups in total. The second-order valence-electron chi connectivity index (χ2n) is 7.10. The third-order valence-corrected chi connectivity index (χ3v) is 6.41. The molecule has 1 heterocycles. The molecular weight excluding hydrogens is 454 g/mol. The molecule has 0 aliphatic rings. The van der Waals surface area contributed by atoms with Gasteiger partial charge < -0.3 is 0 Å². The van der Waals surface area contributed by atoms with E-state index in [0.29, 0.717) is 10.7 Å². The number of aryl methyl sites for hydroxylation is 2. The fraction of sp³-hybridized carbons (Fsp3) is 0.190. The Morgan fingerprint density at radius 2 is 1.78 bits per heavy atom. The molecule has 1 aromatic heterocycles. The summed E-state index contributed by atoms with van der Waals surface area (Å²) < 4.78 is 29.4. The second-order valence-corrected chi connectivity index (χ2v) is 9.21. The van der Waals surface area contributed by atoms with E-state index < -0.39 is 21.8 Å². The molecular formula is C21H22ClN5O4S. The Labute approximate surface area is 190 Å². The minimum atomic E-state index is -3.95. The number of amides is 2. The maximum Gasteiger partial charge on any atom is 0.269 e. The number of carbonyl (C=O) groups is 2. The number of halogens is 1. The number of rotatable bonds is 6. The van der Waals surface area contributed by atoms with Crippen LogP contribution in [0.1, 0.15) is 27.3 Å². The van der Waals surface area contributed by atoms with E-state index in [0.717, 1.165) is 17.0 Å². The number of nitrogens with zero attached hydrogens (tertiary/aromatic N) is 2. The van der Waals surface area contributed by atoms with Crippen molar-refractivity contribution in [1.82, 2.24) is 20.6 Å². The second kappa shape index (κ2) is 9.41. The summed E-state index contributed by atoms with van der Waals surface area (Å²) in [6, 6.07) is 11.7. The summed E-state index contributed by atoms with van der Waals surface area (Å²) in [7, 11) is -2.17. The van der Waals surface area contributed by atoms with Crippen molar-refractivity contribution in [3.8, 4) is 0 Å². The van der Waals surface area contributed by atoms with Gasteiger partial charge >= 0.3 is 0 Å². The van der Waals surface area contributed by atoms with Gasteiger partial charge in [-0.3, -0.25) is 29.8 Å². The third kappa shape index (κ3) is 5.45. The van der Waals surface area contributed by atoms with Crippen LogP contribution in [-0.4, -0.2) is 30.0 Å². The van der Waals surface area contributed by atoms with E-state index in [1.165, 1.54) is 30.3 Å². The van der Waals surface area contributed by atoms with Crippen LogP contribution in [-0.2, 0) is 28.3 Å². The van der Waals surface area contributed by atoms with Crippen LogP contribution in [0, 0.1) is 13.8 Å². The Hall–Kier alpha value is -3.37. The first kappa shape index (κ1) is 23.3. The first-order valence-electron chi connectivity index (χ1n) is 9.53. The van der Waals surface area contributed by atoms with Gasteiger partial charge in [0.2, 0.25) is 5.91 Å². The van der Waals surface area contributed by atoms with Crippen molar-refractivity contribution < 1.29 is 18.0 Å². The molecule has 168 valence electrons. The van der Waals surface area contributed by atoms with Gasteiger partial charge in [0, 0.05) is 28.9 Å². The van der Waals surface area contributed by atoms with Crippen LogP contribution in [0.2, 0.25) is 5.02 Å². The number of hydrazine groups is 1. The summed E-state index contributed by atoms with van der Waals surface area (Å²) in [6.45, 7) is 3.65. The molecule has 0 fully saturated rings. The molecule has 0 aliphatic heterocycles. The number of benzene rings is 2. The molecule has 0 bridgehead atoms. The topological polar surface area (TPSA) is 122 Å². The lowest BCUT2D eigenvalue weighted by Crippen LogP contribution is -2.42. The monoisotopic (exact) mass is 475 g/mol. The van der Waals surface area contributed by atoms with Crippen molar-refractivity contribution in [2.45, 2.75) is 25.2 Å². The van der Waals surface area contributed by atoms with Crippen molar-refractivity contribution in [1.29, 1.82) is 0 Å². The van der Waals surface area contributed by atoms with E-state index in [-0.39, 0.29) is 16.9 Å². The fourth-order valence-electron chi connectivity index (χ4n) is 3.05. The molecule has 0 saturated carbocycles. The van der Waals surface area contributed by atoms with Gasteiger partial charge in [0.15, 0.2) is 0 Å². The summed E-state index contributed by atoms with van der Waals surface area (Å²) in [5.41, 5.74) is 7.37. The van der Waals surface area contributed by atoms with Crippen LogP contribution >= 0.6 is 11.6 Å². The van der Waals surface area contributed by atoms with Crippen molar-refractivity contribution in [3.63, 3.8) is 0 Å². The van der Waals surface area contributed by atoms with Crippen molar-refractivity contribution >= 4 is 39.1 Å². The molecule has 0 atom stereocenters. The standard InChI is InChI=1S/C21H22ClN5O4S/c1-13-19(14(2)27(3)25-13)12-20(28)23-24-21(29)15-6-4-9-18(10-15)32(30,31)26-17-8-5-7-16(22)11-17/h4-11,26H,12H2,1-3H3,(H,23,28)(H,24,29). The summed E-state index contributed by atoms with van der Waals surface area (Å²) in [4.78, 5) is 24.6. The summed E-state index contributed by atoms with van der Waals surface area (Å²) in [5.74, 6) is -1.08. The van der Waals surface area contributed by atoms with Crippen molar-refractivity contribution in [2.24, 2.45) is 7.05 Å². The zero-order valence-corrected chi connectivity index (χ0v) is 19.2. The fourth-order valence-corrected chi connectivity index (χ4v) is 4.33.